The van der Waals surface area contributed by atoms with Gasteiger partial charge in [0.2, 0.25) is 0 Å². The van der Waals surface area contributed by atoms with Crippen molar-refractivity contribution in [3.05, 3.63) is 37.8 Å². The lowest BCUT2D eigenvalue weighted by Gasteiger charge is -2.29. The monoisotopic (exact) mass is 385 g/mol. The second-order valence-corrected chi connectivity index (χ2v) is 6.04. The highest BCUT2D eigenvalue weighted by Crippen LogP contribution is 2.33. The van der Waals surface area contributed by atoms with Crippen LogP contribution in [0.5, 0.6) is 0 Å². The van der Waals surface area contributed by atoms with E-state index >= 15 is 0 Å². The van der Waals surface area contributed by atoms with E-state index in [1.54, 1.807) is 6.07 Å². The van der Waals surface area contributed by atoms with Crippen molar-refractivity contribution in [1.82, 2.24) is 10.2 Å². The molecule has 124 valence electrons. The summed E-state index contributed by atoms with van der Waals surface area (Å²) < 4.78 is 0.805. The van der Waals surface area contributed by atoms with Gasteiger partial charge < -0.3 is 15.3 Å². The normalized spacial score (nSPS) is 13.3. The van der Waals surface area contributed by atoms with Gasteiger partial charge in [0.25, 0.3) is 5.69 Å². The maximum absolute atomic E-state index is 12.1. The smallest absolute Gasteiger partial charge is 0.317 e. The first-order chi connectivity index (χ1) is 10.9. The van der Waals surface area contributed by atoms with Gasteiger partial charge in [0.05, 0.1) is 17.0 Å². The Bertz CT molecular complexity index is 650. The van der Waals surface area contributed by atoms with Crippen molar-refractivity contribution in [2.75, 3.05) is 13.1 Å². The summed E-state index contributed by atoms with van der Waals surface area (Å²) in [5.41, 5.74) is 1.40. The third kappa shape index (κ3) is 4.19. The number of carbonyl (C=O) groups is 2. The first-order valence-electron chi connectivity index (χ1n) is 7.09. The molecule has 2 N–H and O–H groups in total. The Morgan fingerprint density at radius 1 is 1.39 bits per heavy atom. The van der Waals surface area contributed by atoms with Crippen LogP contribution in [-0.4, -0.2) is 40.0 Å². The van der Waals surface area contributed by atoms with Crippen molar-refractivity contribution in [2.45, 2.75) is 25.8 Å². The summed E-state index contributed by atoms with van der Waals surface area (Å²) in [6.07, 6.45) is 0.860. The molecule has 1 aliphatic heterocycles. The molecule has 0 spiro atoms. The number of aliphatic carboxylic acids is 1. The number of nitrogens with one attached hydrogen (secondary N) is 1. The second-order valence-electron chi connectivity index (χ2n) is 5.18. The number of carbonyl (C=O) groups excluding carboxylic acids is 1. The lowest BCUT2D eigenvalue weighted by Crippen LogP contribution is -2.43. The number of rotatable bonds is 5. The number of carboxylic acids is 1. The SMILES string of the molecule is O=C(O)CCCNC(=O)N1CCc2c(Br)ccc([N+](=O)[O-])c2C1. The molecule has 2 rings (SSSR count). The zero-order chi connectivity index (χ0) is 17.0. The van der Waals surface area contributed by atoms with E-state index in [1.807, 2.05) is 0 Å². The van der Waals surface area contributed by atoms with E-state index in [2.05, 4.69) is 21.2 Å². The summed E-state index contributed by atoms with van der Waals surface area (Å²) in [6, 6.07) is 2.74. The molecule has 8 nitrogen and oxygen atoms in total. The predicted molar refractivity (Wildman–Crippen MR) is 85.2 cm³/mol. The zero-order valence-corrected chi connectivity index (χ0v) is 13.8. The maximum Gasteiger partial charge on any atom is 0.317 e. The molecular formula is C14H16BrN3O5. The highest BCUT2D eigenvalue weighted by Gasteiger charge is 2.28. The van der Waals surface area contributed by atoms with Gasteiger partial charge in [-0.1, -0.05) is 15.9 Å². The standard InChI is InChI=1S/C14H16BrN3O5/c15-11-3-4-12(18(22)23)10-8-17(7-5-9(10)11)14(21)16-6-1-2-13(19)20/h3-4H,1-2,5-8H2,(H,16,21)(H,19,20). The minimum absolute atomic E-state index is 0.00609. The molecule has 0 aliphatic carbocycles. The van der Waals surface area contributed by atoms with Gasteiger partial charge in [-0.25, -0.2) is 4.79 Å². The number of urea groups is 1. The van der Waals surface area contributed by atoms with E-state index in [9.17, 15) is 19.7 Å². The van der Waals surface area contributed by atoms with Gasteiger partial charge in [0.1, 0.15) is 0 Å². The predicted octanol–water partition coefficient (Wildman–Crippen LogP) is 2.29. The quantitative estimate of drug-likeness (QED) is 0.458. The van der Waals surface area contributed by atoms with E-state index < -0.39 is 10.9 Å². The number of amides is 2. The molecule has 2 amide bonds. The Labute approximate surface area is 140 Å². The molecule has 1 aliphatic rings. The number of benzene rings is 1. The van der Waals surface area contributed by atoms with Crippen LogP contribution in [0.1, 0.15) is 24.0 Å². The minimum atomic E-state index is -0.911. The van der Waals surface area contributed by atoms with E-state index in [0.717, 1.165) is 10.0 Å². The zero-order valence-electron chi connectivity index (χ0n) is 12.2. The summed E-state index contributed by atoms with van der Waals surface area (Å²) in [5.74, 6) is -0.911. The molecule has 0 unspecified atom stereocenters. The van der Waals surface area contributed by atoms with Gasteiger partial charge in [0, 0.05) is 30.0 Å². The number of hydrogen-bond acceptors (Lipinski definition) is 4. The number of nitrogens with zero attached hydrogens (tertiary/aromatic N) is 2. The third-order valence-corrected chi connectivity index (χ3v) is 4.40. The average molecular weight is 386 g/mol. The van der Waals surface area contributed by atoms with Crippen molar-refractivity contribution in [3.8, 4) is 0 Å². The van der Waals surface area contributed by atoms with E-state index in [-0.39, 0.29) is 31.2 Å². The van der Waals surface area contributed by atoms with Crippen LogP contribution in [0, 0.1) is 10.1 Å². The molecule has 0 saturated carbocycles. The van der Waals surface area contributed by atoms with Crippen LogP contribution in [-0.2, 0) is 17.8 Å². The van der Waals surface area contributed by atoms with E-state index in [1.165, 1.54) is 11.0 Å². The number of nitro benzene ring substituents is 1. The molecule has 0 bridgehead atoms. The van der Waals surface area contributed by atoms with Crippen LogP contribution in [0.25, 0.3) is 0 Å². The molecule has 0 fully saturated rings. The third-order valence-electron chi connectivity index (χ3n) is 3.66. The molecule has 9 heteroatoms. The van der Waals surface area contributed by atoms with E-state index in [4.69, 9.17) is 5.11 Å². The molecule has 0 atom stereocenters. The van der Waals surface area contributed by atoms with Crippen LogP contribution >= 0.6 is 15.9 Å². The fourth-order valence-corrected chi connectivity index (χ4v) is 3.08. The Morgan fingerprint density at radius 3 is 2.78 bits per heavy atom. The lowest BCUT2D eigenvalue weighted by molar-refractivity contribution is -0.385. The van der Waals surface area contributed by atoms with Crippen molar-refractivity contribution in [1.29, 1.82) is 0 Å². The fraction of sp³-hybridized carbons (Fsp3) is 0.429. The lowest BCUT2D eigenvalue weighted by atomic mass is 9.98. The van der Waals surface area contributed by atoms with Crippen LogP contribution in [0.4, 0.5) is 10.5 Å². The van der Waals surface area contributed by atoms with Gasteiger partial charge in [-0.15, -0.1) is 0 Å². The number of hydrogen-bond donors (Lipinski definition) is 2. The van der Waals surface area contributed by atoms with Gasteiger partial charge in [0.15, 0.2) is 0 Å². The van der Waals surface area contributed by atoms with Crippen molar-refractivity contribution < 1.29 is 19.6 Å². The van der Waals surface area contributed by atoms with Gasteiger partial charge >= 0.3 is 12.0 Å². The largest absolute Gasteiger partial charge is 0.481 e. The molecule has 1 aromatic carbocycles. The number of halogens is 1. The molecule has 23 heavy (non-hydrogen) atoms. The summed E-state index contributed by atoms with van der Waals surface area (Å²) in [6.45, 7) is 0.877. The van der Waals surface area contributed by atoms with Crippen molar-refractivity contribution >= 4 is 33.6 Å². The average Bonchev–Trinajstić information content (AvgIpc) is 2.50. The summed E-state index contributed by atoms with van der Waals surface area (Å²) in [7, 11) is 0. The summed E-state index contributed by atoms with van der Waals surface area (Å²) in [5, 5.41) is 22.3. The Kier molecular flexibility index (Phi) is 5.54. The van der Waals surface area contributed by atoms with Crippen LogP contribution < -0.4 is 5.32 Å². The van der Waals surface area contributed by atoms with Crippen LogP contribution in [0.2, 0.25) is 0 Å². The summed E-state index contributed by atoms with van der Waals surface area (Å²) >= 11 is 3.39. The highest BCUT2D eigenvalue weighted by atomic mass is 79.9. The van der Waals surface area contributed by atoms with Crippen molar-refractivity contribution in [3.63, 3.8) is 0 Å². The molecule has 1 aromatic rings. The highest BCUT2D eigenvalue weighted by molar-refractivity contribution is 9.10. The Hall–Kier alpha value is -2.16. The van der Waals surface area contributed by atoms with Crippen LogP contribution in [0.15, 0.2) is 16.6 Å². The molecular weight excluding hydrogens is 370 g/mol. The van der Waals surface area contributed by atoms with E-state index in [0.29, 0.717) is 24.9 Å². The van der Waals surface area contributed by atoms with Gasteiger partial charge in [-0.3, -0.25) is 14.9 Å². The minimum Gasteiger partial charge on any atom is -0.481 e. The first-order valence-corrected chi connectivity index (χ1v) is 7.88. The number of fused-ring (bicyclic) bond motifs is 1. The molecule has 0 aromatic heterocycles. The van der Waals surface area contributed by atoms with Crippen LogP contribution in [0.3, 0.4) is 0 Å². The molecule has 1 heterocycles. The molecule has 0 radical (unpaired) electrons. The maximum atomic E-state index is 12.1. The van der Waals surface area contributed by atoms with Gasteiger partial charge in [-0.2, -0.15) is 0 Å². The Balaban J connectivity index is 2.04. The Morgan fingerprint density at radius 2 is 2.13 bits per heavy atom. The van der Waals surface area contributed by atoms with Crippen molar-refractivity contribution in [2.24, 2.45) is 0 Å². The number of nitro groups is 1. The summed E-state index contributed by atoms with van der Waals surface area (Å²) in [4.78, 5) is 34.7. The topological polar surface area (TPSA) is 113 Å². The number of carboxylic acid groups (broad SMARTS) is 1. The fourth-order valence-electron chi connectivity index (χ4n) is 2.51. The second kappa shape index (κ2) is 7.40. The first kappa shape index (κ1) is 17.2. The van der Waals surface area contributed by atoms with Gasteiger partial charge in [-0.05, 0) is 24.5 Å². The molecule has 0 saturated heterocycles.